The van der Waals surface area contributed by atoms with Gasteiger partial charge in [-0.15, -0.1) is 0 Å². The molecule has 22 heteroatoms. The molecule has 280 valence electrons. The van der Waals surface area contributed by atoms with E-state index >= 15 is 0 Å². The fourth-order valence-corrected chi connectivity index (χ4v) is 6.18. The molecule has 20 atom stereocenters. The molecular weight excluding hydrogens is 648 g/mol. The Labute approximate surface area is 275 Å². The van der Waals surface area contributed by atoms with E-state index in [0.29, 0.717) is 0 Å². The van der Waals surface area contributed by atoms with Gasteiger partial charge in [-0.1, -0.05) is 0 Å². The Morgan fingerprint density at radius 3 is 1.65 bits per heavy atom. The molecule has 0 unspecified atom stereocenters. The second kappa shape index (κ2) is 16.8. The van der Waals surface area contributed by atoms with Gasteiger partial charge in [0.1, 0.15) is 73.2 Å². The predicted octanol–water partition coefficient (Wildman–Crippen LogP) is -10.5. The van der Waals surface area contributed by atoms with Gasteiger partial charge in [0.25, 0.3) is 0 Å². The van der Waals surface area contributed by atoms with E-state index < -0.39 is 135 Å². The first-order valence-corrected chi connectivity index (χ1v) is 15.7. The molecular formula is C26H52N8O14. The summed E-state index contributed by atoms with van der Waals surface area (Å²) in [5, 5.41) is 75.7. The van der Waals surface area contributed by atoms with Crippen molar-refractivity contribution in [1.29, 1.82) is 0 Å². The maximum Gasteiger partial charge on any atom is 0.239 e. The van der Waals surface area contributed by atoms with Crippen molar-refractivity contribution in [2.45, 2.75) is 129 Å². The van der Waals surface area contributed by atoms with Crippen LogP contribution in [0.3, 0.4) is 0 Å². The van der Waals surface area contributed by atoms with Gasteiger partial charge >= 0.3 is 0 Å². The molecule has 48 heavy (non-hydrogen) atoms. The normalized spacial score (nSPS) is 49.1. The van der Waals surface area contributed by atoms with Crippen LogP contribution in [-0.4, -0.2) is 190 Å². The first kappa shape index (κ1) is 39.5. The third kappa shape index (κ3) is 8.24. The summed E-state index contributed by atoms with van der Waals surface area (Å²) >= 11 is 0. The summed E-state index contributed by atoms with van der Waals surface area (Å²) in [4.78, 5) is 12.3. The molecule has 3 aliphatic heterocycles. The minimum Gasteiger partial charge on any atom is -0.394 e. The second-order valence-corrected chi connectivity index (χ2v) is 12.6. The predicted molar refractivity (Wildman–Crippen MR) is 159 cm³/mol. The van der Waals surface area contributed by atoms with Crippen LogP contribution in [0, 0.1) is 0 Å². The van der Waals surface area contributed by atoms with E-state index in [-0.39, 0.29) is 26.1 Å². The molecule has 22 N–H and O–H groups in total. The van der Waals surface area contributed by atoms with E-state index in [2.05, 4.69) is 5.32 Å². The number of carbonyl (C=O) groups excluding carboxylic acids is 1. The van der Waals surface area contributed by atoms with Crippen molar-refractivity contribution in [2.24, 2.45) is 40.1 Å². The van der Waals surface area contributed by atoms with E-state index in [1.54, 1.807) is 0 Å². The Bertz CT molecular complexity index is 1040. The highest BCUT2D eigenvalue weighted by Crippen LogP contribution is 2.34. The molecule has 3 heterocycles. The molecule has 22 nitrogen and oxygen atoms in total. The standard InChI is InChI=1S/C26H52N8O14/c27-2-9-15(37)17(39)12(32)24(43-9)46-20-7(30)1-6(29)14(36)22(20)48-26-19(41)21(11(45-26)4-34-23(42)8(31)5-35)47-25-13(33)18(40)16(38)10(3-28)44-25/h6-22,24-26,35-41H,1-5,27-33H2,(H,34,42)/t6-,7+,8-,9-,10+,11-,12-,13-,14+,15-,16-,17-,18-,19-,20-,21-,22-,24-,25-,26+/m1/s1. The molecule has 1 amide bonds. The average molecular weight is 701 g/mol. The van der Waals surface area contributed by atoms with Crippen LogP contribution in [0.2, 0.25) is 0 Å². The molecule has 0 radical (unpaired) electrons. The fourth-order valence-electron chi connectivity index (χ4n) is 6.18. The van der Waals surface area contributed by atoms with Crippen LogP contribution in [-0.2, 0) is 33.2 Å². The van der Waals surface area contributed by atoms with Crippen LogP contribution in [0.25, 0.3) is 0 Å². The monoisotopic (exact) mass is 700 g/mol. The number of aliphatic hydroxyl groups excluding tert-OH is 7. The molecule has 0 aromatic carbocycles. The minimum atomic E-state index is -1.69. The van der Waals surface area contributed by atoms with Gasteiger partial charge in [0.2, 0.25) is 5.91 Å². The Hall–Kier alpha value is -1.33. The van der Waals surface area contributed by atoms with Gasteiger partial charge in [0, 0.05) is 31.7 Å². The zero-order valence-electron chi connectivity index (χ0n) is 26.1. The highest BCUT2D eigenvalue weighted by Gasteiger charge is 2.54. The zero-order chi connectivity index (χ0) is 35.6. The number of nitrogens with two attached hydrogens (primary N) is 7. The lowest BCUT2D eigenvalue weighted by atomic mass is 9.84. The molecule has 0 spiro atoms. The van der Waals surface area contributed by atoms with Crippen molar-refractivity contribution in [3.63, 3.8) is 0 Å². The molecule has 0 aromatic rings. The van der Waals surface area contributed by atoms with Crippen molar-refractivity contribution in [1.82, 2.24) is 5.32 Å². The quantitative estimate of drug-likeness (QED) is 0.0898. The van der Waals surface area contributed by atoms with E-state index in [4.69, 9.17) is 68.6 Å². The third-order valence-electron chi connectivity index (χ3n) is 9.20. The average Bonchev–Trinajstić information content (AvgIpc) is 3.36. The van der Waals surface area contributed by atoms with Crippen LogP contribution >= 0.6 is 0 Å². The van der Waals surface area contributed by atoms with Crippen LogP contribution in [0.4, 0.5) is 0 Å². The van der Waals surface area contributed by atoms with Gasteiger partial charge in [0.05, 0.1) is 24.8 Å². The number of amides is 1. The molecule has 4 aliphatic rings. The summed E-state index contributed by atoms with van der Waals surface area (Å²) in [6.07, 6.45) is -20.7. The number of nitrogens with one attached hydrogen (secondary N) is 1. The summed E-state index contributed by atoms with van der Waals surface area (Å²) in [6, 6.07) is -5.68. The van der Waals surface area contributed by atoms with Crippen LogP contribution in [0.5, 0.6) is 0 Å². The maximum absolute atomic E-state index is 12.3. The first-order valence-electron chi connectivity index (χ1n) is 15.7. The van der Waals surface area contributed by atoms with Crippen molar-refractivity contribution in [3.05, 3.63) is 0 Å². The second-order valence-electron chi connectivity index (χ2n) is 12.6. The third-order valence-corrected chi connectivity index (χ3v) is 9.20. The number of hydrogen-bond acceptors (Lipinski definition) is 21. The van der Waals surface area contributed by atoms with Gasteiger partial charge < -0.3 is 110 Å². The molecule has 4 rings (SSSR count). The van der Waals surface area contributed by atoms with Crippen LogP contribution in [0.1, 0.15) is 6.42 Å². The van der Waals surface area contributed by atoms with Crippen molar-refractivity contribution < 1.29 is 69.0 Å². The van der Waals surface area contributed by atoms with Gasteiger partial charge in [0.15, 0.2) is 18.9 Å². The molecule has 4 fully saturated rings. The Kier molecular flexibility index (Phi) is 13.8. The fraction of sp³-hybridized carbons (Fsp3) is 0.962. The summed E-state index contributed by atoms with van der Waals surface area (Å²) in [5.74, 6) is -0.758. The van der Waals surface area contributed by atoms with E-state index in [1.165, 1.54) is 0 Å². The summed E-state index contributed by atoms with van der Waals surface area (Å²) in [7, 11) is 0. The number of carbonyl (C=O) groups is 1. The number of rotatable bonds is 12. The topological polar surface area (TPSA) is 408 Å². The number of aliphatic hydroxyl groups is 7. The van der Waals surface area contributed by atoms with Crippen LogP contribution in [0.15, 0.2) is 0 Å². The first-order chi connectivity index (χ1) is 22.6. The van der Waals surface area contributed by atoms with E-state index in [0.717, 1.165) is 0 Å². The van der Waals surface area contributed by atoms with Crippen molar-refractivity contribution in [2.75, 3.05) is 26.2 Å². The lowest BCUT2D eigenvalue weighted by molar-refractivity contribution is -0.306. The number of ether oxygens (including phenoxy) is 6. The van der Waals surface area contributed by atoms with Crippen molar-refractivity contribution >= 4 is 5.91 Å². The summed E-state index contributed by atoms with van der Waals surface area (Å²) in [6.45, 7) is -1.40. The largest absolute Gasteiger partial charge is 0.394 e. The maximum atomic E-state index is 12.3. The number of hydrogen-bond donors (Lipinski definition) is 15. The minimum absolute atomic E-state index is 0.0477. The lowest BCUT2D eigenvalue weighted by Crippen LogP contribution is -2.68. The van der Waals surface area contributed by atoms with E-state index in [1.807, 2.05) is 0 Å². The van der Waals surface area contributed by atoms with Crippen molar-refractivity contribution in [3.8, 4) is 0 Å². The SMILES string of the molecule is NC[C@@H]1O[C@H](O[C@H]2[C@@H](O)[C@H](O[C@@H]3[C@@H](O)[C@H](N)C[C@H](N)[C@H]3O[C@H]3O[C@H](CN)[C@@H](O)[C@H](O)[C@H]3N)O[C@@H]2CNC(=O)[C@H](N)CO)[C@H](N)[C@@H](O)[C@@H]1O. The molecule has 0 aromatic heterocycles. The zero-order valence-corrected chi connectivity index (χ0v) is 26.1. The molecule has 1 aliphatic carbocycles. The summed E-state index contributed by atoms with van der Waals surface area (Å²) < 4.78 is 35.3. The van der Waals surface area contributed by atoms with Gasteiger partial charge in [-0.3, -0.25) is 4.79 Å². The molecule has 3 saturated heterocycles. The highest BCUT2D eigenvalue weighted by atomic mass is 16.8. The Morgan fingerprint density at radius 1 is 0.667 bits per heavy atom. The summed E-state index contributed by atoms with van der Waals surface area (Å²) in [5.41, 5.74) is 41.6. The van der Waals surface area contributed by atoms with Gasteiger partial charge in [-0.25, -0.2) is 0 Å². The Morgan fingerprint density at radius 2 is 1.15 bits per heavy atom. The molecule has 0 bridgehead atoms. The Balaban J connectivity index is 1.56. The molecule has 1 saturated carbocycles. The van der Waals surface area contributed by atoms with Gasteiger partial charge in [-0.2, -0.15) is 0 Å². The highest BCUT2D eigenvalue weighted by molar-refractivity contribution is 5.81. The lowest BCUT2D eigenvalue weighted by Gasteiger charge is -2.47. The van der Waals surface area contributed by atoms with E-state index in [9.17, 15) is 40.5 Å². The van der Waals surface area contributed by atoms with Crippen LogP contribution < -0.4 is 45.5 Å². The van der Waals surface area contributed by atoms with Gasteiger partial charge in [-0.05, 0) is 6.42 Å². The smallest absolute Gasteiger partial charge is 0.239 e.